The van der Waals surface area contributed by atoms with Crippen LogP contribution in [0.5, 0.6) is 0 Å². The normalized spacial score (nSPS) is 10.4. The molecular weight excluding hydrogens is 216 g/mol. The average molecular weight is 232 g/mol. The van der Waals surface area contributed by atoms with E-state index in [2.05, 4.69) is 27.6 Å². The van der Waals surface area contributed by atoms with E-state index in [0.717, 1.165) is 19.4 Å². The predicted molar refractivity (Wildman–Crippen MR) is 65.4 cm³/mol. The monoisotopic (exact) mass is 232 g/mol. The highest BCUT2D eigenvalue weighted by Crippen LogP contribution is 2.06. The Hall–Kier alpha value is -1.88. The first-order valence-corrected chi connectivity index (χ1v) is 5.69. The zero-order chi connectivity index (χ0) is 11.9. The van der Waals surface area contributed by atoms with Gasteiger partial charge < -0.3 is 15.5 Å². The van der Waals surface area contributed by atoms with Gasteiger partial charge in [-0.15, -0.1) is 5.10 Å². The van der Waals surface area contributed by atoms with E-state index in [1.807, 2.05) is 18.2 Å². The van der Waals surface area contributed by atoms with Crippen LogP contribution in [0.25, 0.3) is 0 Å². The summed E-state index contributed by atoms with van der Waals surface area (Å²) in [5.74, 6) is 0.454. The van der Waals surface area contributed by atoms with Gasteiger partial charge in [0.1, 0.15) is 0 Å². The number of aromatic nitrogens is 2. The van der Waals surface area contributed by atoms with Gasteiger partial charge in [-0.2, -0.15) is 0 Å². The van der Waals surface area contributed by atoms with Gasteiger partial charge in [0.25, 0.3) is 0 Å². The van der Waals surface area contributed by atoms with E-state index in [1.54, 1.807) is 0 Å². The van der Waals surface area contributed by atoms with Gasteiger partial charge in [-0.25, -0.2) is 0 Å². The summed E-state index contributed by atoms with van der Waals surface area (Å²) in [6.07, 6.45) is 2.05. The second-order valence-corrected chi connectivity index (χ2v) is 3.72. The van der Waals surface area contributed by atoms with E-state index in [4.69, 9.17) is 10.2 Å². The van der Waals surface area contributed by atoms with Crippen molar-refractivity contribution in [2.24, 2.45) is 5.73 Å². The molecule has 0 aliphatic rings. The van der Waals surface area contributed by atoms with Gasteiger partial charge in [-0.1, -0.05) is 35.4 Å². The molecule has 90 valence electrons. The summed E-state index contributed by atoms with van der Waals surface area (Å²) < 4.78 is 5.23. The lowest BCUT2D eigenvalue weighted by Crippen LogP contribution is -2.03. The fourth-order valence-corrected chi connectivity index (χ4v) is 1.54. The van der Waals surface area contributed by atoms with E-state index in [-0.39, 0.29) is 6.54 Å². The first kappa shape index (κ1) is 11.6. The second kappa shape index (κ2) is 6.00. The molecule has 1 aromatic heterocycles. The fraction of sp³-hybridized carbons (Fsp3) is 0.333. The van der Waals surface area contributed by atoms with Crippen LogP contribution in [0.15, 0.2) is 34.7 Å². The van der Waals surface area contributed by atoms with Gasteiger partial charge in [-0.3, -0.25) is 0 Å². The molecule has 0 bridgehead atoms. The minimum absolute atomic E-state index is 0.276. The Morgan fingerprint density at radius 3 is 2.71 bits per heavy atom. The topological polar surface area (TPSA) is 77.0 Å². The molecule has 1 heterocycles. The van der Waals surface area contributed by atoms with Gasteiger partial charge in [0, 0.05) is 6.54 Å². The third-order valence-corrected chi connectivity index (χ3v) is 2.40. The molecule has 3 N–H and O–H groups in total. The summed E-state index contributed by atoms with van der Waals surface area (Å²) >= 11 is 0. The van der Waals surface area contributed by atoms with Crippen LogP contribution in [0.3, 0.4) is 0 Å². The molecule has 17 heavy (non-hydrogen) atoms. The van der Waals surface area contributed by atoms with Crippen LogP contribution in [0.1, 0.15) is 17.9 Å². The van der Waals surface area contributed by atoms with Crippen LogP contribution in [0.2, 0.25) is 0 Å². The van der Waals surface area contributed by atoms with Crippen molar-refractivity contribution in [2.45, 2.75) is 19.4 Å². The summed E-state index contributed by atoms with van der Waals surface area (Å²) in [4.78, 5) is 0. The predicted octanol–water partition coefficient (Wildman–Crippen LogP) is 1.57. The molecule has 2 aromatic rings. The summed E-state index contributed by atoms with van der Waals surface area (Å²) in [6.45, 7) is 1.08. The summed E-state index contributed by atoms with van der Waals surface area (Å²) in [6, 6.07) is 10.8. The van der Waals surface area contributed by atoms with Crippen molar-refractivity contribution in [2.75, 3.05) is 11.9 Å². The van der Waals surface area contributed by atoms with Crippen molar-refractivity contribution >= 4 is 6.01 Å². The van der Waals surface area contributed by atoms with Crippen LogP contribution >= 0.6 is 0 Å². The van der Waals surface area contributed by atoms with Crippen LogP contribution in [-0.2, 0) is 13.0 Å². The lowest BCUT2D eigenvalue weighted by molar-refractivity contribution is 0.507. The molecule has 0 unspecified atom stereocenters. The maximum Gasteiger partial charge on any atom is 0.315 e. The SMILES string of the molecule is NCc1nnc(NCCCc2ccccc2)o1. The number of anilines is 1. The Labute approximate surface area is 100 Å². The van der Waals surface area contributed by atoms with Gasteiger partial charge in [0.2, 0.25) is 5.89 Å². The lowest BCUT2D eigenvalue weighted by Gasteiger charge is -2.01. The van der Waals surface area contributed by atoms with E-state index in [9.17, 15) is 0 Å². The van der Waals surface area contributed by atoms with Gasteiger partial charge >= 0.3 is 6.01 Å². The summed E-state index contributed by atoms with van der Waals surface area (Å²) in [5, 5.41) is 10.7. The molecular formula is C12H16N4O. The Kier molecular flexibility index (Phi) is 4.10. The first-order chi connectivity index (χ1) is 8.38. The van der Waals surface area contributed by atoms with Crippen LogP contribution < -0.4 is 11.1 Å². The van der Waals surface area contributed by atoms with Crippen LogP contribution in [0, 0.1) is 0 Å². The zero-order valence-corrected chi connectivity index (χ0v) is 9.60. The maximum absolute atomic E-state index is 5.37. The molecule has 5 heteroatoms. The van der Waals surface area contributed by atoms with Gasteiger partial charge in [-0.05, 0) is 18.4 Å². The Morgan fingerprint density at radius 2 is 2.00 bits per heavy atom. The molecule has 0 fully saturated rings. The highest BCUT2D eigenvalue weighted by Gasteiger charge is 2.02. The fourth-order valence-electron chi connectivity index (χ4n) is 1.54. The molecule has 0 atom stereocenters. The Balaban J connectivity index is 1.69. The van der Waals surface area contributed by atoms with Crippen LogP contribution in [0.4, 0.5) is 6.01 Å². The molecule has 1 aromatic carbocycles. The van der Waals surface area contributed by atoms with E-state index in [1.165, 1.54) is 5.56 Å². The molecule has 2 rings (SSSR count). The zero-order valence-electron chi connectivity index (χ0n) is 9.60. The molecule has 0 saturated heterocycles. The number of rotatable bonds is 6. The van der Waals surface area contributed by atoms with Gasteiger partial charge in [0.05, 0.1) is 6.54 Å². The Bertz CT molecular complexity index is 441. The minimum atomic E-state index is 0.276. The Morgan fingerprint density at radius 1 is 1.18 bits per heavy atom. The third-order valence-electron chi connectivity index (χ3n) is 2.40. The molecule has 0 aliphatic carbocycles. The van der Waals surface area contributed by atoms with Crippen molar-refractivity contribution in [1.29, 1.82) is 0 Å². The number of nitrogens with zero attached hydrogens (tertiary/aromatic N) is 2. The van der Waals surface area contributed by atoms with E-state index in [0.29, 0.717) is 11.9 Å². The van der Waals surface area contributed by atoms with Crippen molar-refractivity contribution in [1.82, 2.24) is 10.2 Å². The van der Waals surface area contributed by atoms with Crippen molar-refractivity contribution < 1.29 is 4.42 Å². The van der Waals surface area contributed by atoms with E-state index < -0.39 is 0 Å². The first-order valence-electron chi connectivity index (χ1n) is 5.69. The average Bonchev–Trinajstić information content (AvgIpc) is 2.84. The summed E-state index contributed by atoms with van der Waals surface area (Å²) in [7, 11) is 0. The minimum Gasteiger partial charge on any atom is -0.407 e. The standard InChI is InChI=1S/C12H16N4O/c13-9-11-15-16-12(17-11)14-8-4-7-10-5-2-1-3-6-10/h1-3,5-6H,4,7-9,13H2,(H,14,16). The highest BCUT2D eigenvalue weighted by molar-refractivity contribution is 5.18. The molecule has 0 spiro atoms. The molecule has 0 amide bonds. The van der Waals surface area contributed by atoms with Crippen LogP contribution in [-0.4, -0.2) is 16.7 Å². The maximum atomic E-state index is 5.37. The number of aryl methyl sites for hydroxylation is 1. The van der Waals surface area contributed by atoms with Crippen molar-refractivity contribution in [3.05, 3.63) is 41.8 Å². The highest BCUT2D eigenvalue weighted by atomic mass is 16.4. The number of nitrogens with two attached hydrogens (primary N) is 1. The number of hydrogen-bond acceptors (Lipinski definition) is 5. The summed E-state index contributed by atoms with van der Waals surface area (Å²) in [5.41, 5.74) is 6.71. The quantitative estimate of drug-likeness (QED) is 0.739. The van der Waals surface area contributed by atoms with Crippen molar-refractivity contribution in [3.63, 3.8) is 0 Å². The third kappa shape index (κ3) is 3.57. The van der Waals surface area contributed by atoms with Crippen molar-refractivity contribution in [3.8, 4) is 0 Å². The smallest absolute Gasteiger partial charge is 0.315 e. The molecule has 0 saturated carbocycles. The lowest BCUT2D eigenvalue weighted by atomic mass is 10.1. The molecule has 5 nitrogen and oxygen atoms in total. The van der Waals surface area contributed by atoms with E-state index >= 15 is 0 Å². The number of benzene rings is 1. The number of hydrogen-bond donors (Lipinski definition) is 2. The molecule has 0 radical (unpaired) electrons. The van der Waals surface area contributed by atoms with Gasteiger partial charge in [0.15, 0.2) is 0 Å². The second-order valence-electron chi connectivity index (χ2n) is 3.72. The largest absolute Gasteiger partial charge is 0.407 e. The molecule has 0 aliphatic heterocycles. The number of nitrogens with one attached hydrogen (secondary N) is 1.